The summed E-state index contributed by atoms with van der Waals surface area (Å²) in [5, 5.41) is 2.11. The average molecular weight is 324 g/mol. The molecule has 0 spiro atoms. The molecule has 0 aliphatic carbocycles. The van der Waals surface area contributed by atoms with Crippen LogP contribution in [0.15, 0.2) is 29.6 Å². The van der Waals surface area contributed by atoms with E-state index in [1.165, 1.54) is 17.0 Å². The Kier molecular flexibility index (Phi) is 3.42. The Hall–Kier alpha value is -1.59. The van der Waals surface area contributed by atoms with Crippen LogP contribution in [0.2, 0.25) is 5.02 Å². The Balaban J connectivity index is 2.08. The summed E-state index contributed by atoms with van der Waals surface area (Å²) >= 11 is 7.50. The SMILES string of the molecule is CC(C)(Cn1c(N)nc2cc(Cl)c(F)cc21)c1cccs1. The zero-order chi connectivity index (χ0) is 15.2. The Morgan fingerprint density at radius 2 is 2.19 bits per heavy atom. The first-order valence-electron chi connectivity index (χ1n) is 6.53. The van der Waals surface area contributed by atoms with Gasteiger partial charge >= 0.3 is 0 Å². The third-order valence-corrected chi connectivity index (χ3v) is 5.09. The van der Waals surface area contributed by atoms with Gasteiger partial charge in [-0.05, 0) is 17.5 Å². The third kappa shape index (κ3) is 2.51. The highest BCUT2D eigenvalue weighted by atomic mass is 35.5. The molecule has 3 aromatic rings. The van der Waals surface area contributed by atoms with Crippen molar-refractivity contribution in [1.29, 1.82) is 0 Å². The van der Waals surface area contributed by atoms with E-state index in [1.54, 1.807) is 11.3 Å². The van der Waals surface area contributed by atoms with Crippen molar-refractivity contribution in [3.8, 4) is 0 Å². The van der Waals surface area contributed by atoms with E-state index >= 15 is 0 Å². The van der Waals surface area contributed by atoms with Crippen LogP contribution in [0.1, 0.15) is 18.7 Å². The van der Waals surface area contributed by atoms with Crippen LogP contribution in [0.4, 0.5) is 10.3 Å². The fraction of sp³-hybridized carbons (Fsp3) is 0.267. The largest absolute Gasteiger partial charge is 0.369 e. The minimum Gasteiger partial charge on any atom is -0.369 e. The van der Waals surface area contributed by atoms with Gasteiger partial charge in [0.25, 0.3) is 0 Å². The van der Waals surface area contributed by atoms with Crippen LogP contribution in [-0.2, 0) is 12.0 Å². The number of rotatable bonds is 3. The molecular weight excluding hydrogens is 309 g/mol. The molecule has 3 nitrogen and oxygen atoms in total. The van der Waals surface area contributed by atoms with Gasteiger partial charge in [-0.25, -0.2) is 9.37 Å². The van der Waals surface area contributed by atoms with E-state index in [0.717, 1.165) is 0 Å². The first kappa shape index (κ1) is 14.4. The van der Waals surface area contributed by atoms with Crippen LogP contribution >= 0.6 is 22.9 Å². The minimum absolute atomic E-state index is 0.0599. The second-order valence-electron chi connectivity index (χ2n) is 5.67. The summed E-state index contributed by atoms with van der Waals surface area (Å²) in [7, 11) is 0. The maximum absolute atomic E-state index is 13.7. The second kappa shape index (κ2) is 5.00. The molecule has 0 aliphatic heterocycles. The predicted molar refractivity (Wildman–Crippen MR) is 86.5 cm³/mol. The average Bonchev–Trinajstić information content (AvgIpc) is 3.02. The summed E-state index contributed by atoms with van der Waals surface area (Å²) in [6, 6.07) is 7.02. The lowest BCUT2D eigenvalue weighted by Crippen LogP contribution is -2.24. The molecule has 6 heteroatoms. The van der Waals surface area contributed by atoms with E-state index in [1.807, 2.05) is 16.0 Å². The van der Waals surface area contributed by atoms with E-state index in [9.17, 15) is 4.39 Å². The first-order chi connectivity index (χ1) is 9.88. The second-order valence-corrected chi connectivity index (χ2v) is 7.03. The van der Waals surface area contributed by atoms with E-state index in [-0.39, 0.29) is 10.4 Å². The highest BCUT2D eigenvalue weighted by molar-refractivity contribution is 7.10. The molecule has 0 amide bonds. The van der Waals surface area contributed by atoms with Crippen LogP contribution in [0.3, 0.4) is 0 Å². The molecule has 0 unspecified atom stereocenters. The Bertz CT molecular complexity index is 793. The third-order valence-electron chi connectivity index (χ3n) is 3.56. The molecule has 0 saturated heterocycles. The molecule has 0 aliphatic rings. The molecule has 0 radical (unpaired) electrons. The van der Waals surface area contributed by atoms with Crippen LogP contribution in [-0.4, -0.2) is 9.55 Å². The lowest BCUT2D eigenvalue weighted by molar-refractivity contribution is 0.453. The van der Waals surface area contributed by atoms with Gasteiger partial charge < -0.3 is 10.3 Å². The van der Waals surface area contributed by atoms with Crippen LogP contribution in [0.5, 0.6) is 0 Å². The van der Waals surface area contributed by atoms with E-state index in [4.69, 9.17) is 17.3 Å². The number of anilines is 1. The lowest BCUT2D eigenvalue weighted by Gasteiger charge is -2.24. The van der Waals surface area contributed by atoms with Gasteiger partial charge in [-0.15, -0.1) is 11.3 Å². The number of fused-ring (bicyclic) bond motifs is 1. The number of thiophene rings is 1. The minimum atomic E-state index is -0.459. The van der Waals surface area contributed by atoms with Crippen molar-refractivity contribution in [3.63, 3.8) is 0 Å². The molecule has 0 atom stereocenters. The zero-order valence-corrected chi connectivity index (χ0v) is 13.3. The fourth-order valence-corrected chi connectivity index (χ4v) is 3.44. The van der Waals surface area contributed by atoms with Gasteiger partial charge in [-0.3, -0.25) is 0 Å². The first-order valence-corrected chi connectivity index (χ1v) is 7.79. The van der Waals surface area contributed by atoms with Crippen molar-refractivity contribution < 1.29 is 4.39 Å². The number of imidazole rings is 1. The molecule has 2 aromatic heterocycles. The van der Waals surface area contributed by atoms with Gasteiger partial charge in [0.15, 0.2) is 0 Å². The highest BCUT2D eigenvalue weighted by Gasteiger charge is 2.25. The molecule has 0 saturated carbocycles. The molecule has 2 N–H and O–H groups in total. The van der Waals surface area contributed by atoms with Gasteiger partial charge in [-0.2, -0.15) is 0 Å². The van der Waals surface area contributed by atoms with Crippen molar-refractivity contribution in [3.05, 3.63) is 45.4 Å². The summed E-state index contributed by atoms with van der Waals surface area (Å²) in [5.41, 5.74) is 7.16. The zero-order valence-electron chi connectivity index (χ0n) is 11.7. The monoisotopic (exact) mass is 323 g/mol. The molecule has 21 heavy (non-hydrogen) atoms. The highest BCUT2D eigenvalue weighted by Crippen LogP contribution is 2.32. The van der Waals surface area contributed by atoms with Gasteiger partial charge in [0, 0.05) is 22.9 Å². The van der Waals surface area contributed by atoms with Gasteiger partial charge in [0.1, 0.15) is 5.82 Å². The van der Waals surface area contributed by atoms with Gasteiger partial charge in [0.2, 0.25) is 5.95 Å². The Morgan fingerprint density at radius 1 is 1.43 bits per heavy atom. The summed E-state index contributed by atoms with van der Waals surface area (Å²) in [5.74, 6) is -0.0875. The van der Waals surface area contributed by atoms with Crippen molar-refractivity contribution in [2.75, 3.05) is 5.73 Å². The van der Waals surface area contributed by atoms with Crippen LogP contribution in [0.25, 0.3) is 11.0 Å². The van der Waals surface area contributed by atoms with E-state index < -0.39 is 5.82 Å². The number of aromatic nitrogens is 2. The van der Waals surface area contributed by atoms with Crippen molar-refractivity contribution in [1.82, 2.24) is 9.55 Å². The number of hydrogen-bond acceptors (Lipinski definition) is 3. The molecule has 0 bridgehead atoms. The number of benzene rings is 1. The molecular formula is C15H15ClFN3S. The topological polar surface area (TPSA) is 43.8 Å². The van der Waals surface area contributed by atoms with E-state index in [0.29, 0.717) is 23.5 Å². The standard InChI is InChI=1S/C15H15ClFN3S/c1-15(2,13-4-3-5-21-13)8-20-12-7-10(17)9(16)6-11(12)19-14(20)18/h3-7H,8H2,1-2H3,(H2,18,19). The quantitative estimate of drug-likeness (QED) is 0.773. The summed E-state index contributed by atoms with van der Waals surface area (Å²) in [4.78, 5) is 5.52. The molecule has 3 rings (SSSR count). The maximum Gasteiger partial charge on any atom is 0.201 e. The normalized spacial score (nSPS) is 12.2. The molecule has 1 aromatic carbocycles. The van der Waals surface area contributed by atoms with Crippen molar-refractivity contribution in [2.24, 2.45) is 0 Å². The molecule has 0 fully saturated rings. The summed E-state index contributed by atoms with van der Waals surface area (Å²) in [6.07, 6.45) is 0. The number of halogens is 2. The summed E-state index contributed by atoms with van der Waals surface area (Å²) in [6.45, 7) is 4.89. The van der Waals surface area contributed by atoms with Crippen LogP contribution in [0, 0.1) is 5.82 Å². The fourth-order valence-electron chi connectivity index (χ4n) is 2.44. The Morgan fingerprint density at radius 3 is 2.86 bits per heavy atom. The van der Waals surface area contributed by atoms with Gasteiger partial charge in [0.05, 0.1) is 16.1 Å². The van der Waals surface area contributed by atoms with Gasteiger partial charge in [-0.1, -0.05) is 31.5 Å². The molecule has 110 valence electrons. The maximum atomic E-state index is 13.7. The van der Waals surface area contributed by atoms with Crippen LogP contribution < -0.4 is 5.73 Å². The molecule has 2 heterocycles. The Labute approximate surface area is 131 Å². The van der Waals surface area contributed by atoms with E-state index in [2.05, 4.69) is 24.9 Å². The number of nitrogens with two attached hydrogens (primary N) is 1. The predicted octanol–water partition coefficient (Wildman–Crippen LogP) is 4.45. The number of nitrogen functional groups attached to an aromatic ring is 1. The van der Waals surface area contributed by atoms with Crippen molar-refractivity contribution in [2.45, 2.75) is 25.8 Å². The summed E-state index contributed by atoms with van der Waals surface area (Å²) < 4.78 is 15.6. The van der Waals surface area contributed by atoms with Crippen molar-refractivity contribution >= 4 is 39.9 Å². The number of hydrogen-bond donors (Lipinski definition) is 1. The lowest BCUT2D eigenvalue weighted by atomic mass is 9.91. The smallest absolute Gasteiger partial charge is 0.201 e. The number of nitrogens with zero attached hydrogens (tertiary/aromatic N) is 2.